The minimum absolute atomic E-state index is 0.207. The molecular weight excluding hydrogens is 504 g/mol. The Morgan fingerprint density at radius 2 is 0.850 bits per heavy atom. The van der Waals surface area contributed by atoms with Crippen molar-refractivity contribution >= 4 is 11.9 Å². The number of carboxylic acid groups (broad SMARTS) is 2. The monoisotopic (exact) mass is 538 g/mol. The second-order valence-electron chi connectivity index (χ2n) is 11.8. The van der Waals surface area contributed by atoms with E-state index >= 15 is 0 Å². The number of ether oxygens (including phenoxy) is 2. The van der Waals surface area contributed by atoms with Crippen molar-refractivity contribution in [3.05, 3.63) is 107 Å². The van der Waals surface area contributed by atoms with Crippen LogP contribution in [-0.4, -0.2) is 22.2 Å². The van der Waals surface area contributed by atoms with Gasteiger partial charge in [0.1, 0.15) is 23.0 Å². The third-order valence-corrected chi connectivity index (χ3v) is 6.57. The van der Waals surface area contributed by atoms with Gasteiger partial charge in [-0.3, -0.25) is 0 Å². The summed E-state index contributed by atoms with van der Waals surface area (Å²) in [5, 5.41) is 18.4. The zero-order chi connectivity index (χ0) is 29.2. The van der Waals surface area contributed by atoms with Crippen molar-refractivity contribution in [2.75, 3.05) is 0 Å². The molecule has 206 valence electrons. The molecule has 6 nitrogen and oxygen atoms in total. The second-order valence-corrected chi connectivity index (χ2v) is 11.8. The van der Waals surface area contributed by atoms with Crippen LogP contribution in [0.5, 0.6) is 23.0 Å². The lowest BCUT2D eigenvalue weighted by atomic mass is 9.82. The molecule has 4 aromatic rings. The van der Waals surface area contributed by atoms with E-state index in [0.717, 1.165) is 22.3 Å². The number of carboxylic acids is 2. The highest BCUT2D eigenvalue weighted by atomic mass is 16.5. The summed E-state index contributed by atoms with van der Waals surface area (Å²) in [6, 6.07) is 25.0. The lowest BCUT2D eigenvalue weighted by Gasteiger charge is -2.25. The minimum atomic E-state index is -0.978. The quantitative estimate of drug-likeness (QED) is 0.244. The van der Waals surface area contributed by atoms with Gasteiger partial charge in [0, 0.05) is 11.1 Å². The average Bonchev–Trinajstić information content (AvgIpc) is 2.88. The SMILES string of the molecule is CC(C)(C)c1cc(-c2ccc(Oc3ccc(C(=O)O)cc3)c(C(C)(C)C)c2)ccc1Oc1ccc(C(=O)O)cc1. The predicted octanol–water partition coefficient (Wildman–Crippen LogP) is 8.93. The number of hydrogen-bond acceptors (Lipinski definition) is 4. The number of hydrogen-bond donors (Lipinski definition) is 2. The van der Waals surface area contributed by atoms with Gasteiger partial charge in [0.05, 0.1) is 11.1 Å². The van der Waals surface area contributed by atoms with Crippen molar-refractivity contribution in [2.24, 2.45) is 0 Å². The van der Waals surface area contributed by atoms with Crippen molar-refractivity contribution in [1.82, 2.24) is 0 Å². The summed E-state index contributed by atoms with van der Waals surface area (Å²) in [7, 11) is 0. The molecule has 0 unspecified atom stereocenters. The average molecular weight is 539 g/mol. The molecule has 0 radical (unpaired) electrons. The molecule has 0 saturated heterocycles. The van der Waals surface area contributed by atoms with E-state index in [1.807, 2.05) is 24.3 Å². The summed E-state index contributed by atoms with van der Waals surface area (Å²) in [4.78, 5) is 22.4. The molecule has 0 aliphatic carbocycles. The number of aromatic carboxylic acids is 2. The van der Waals surface area contributed by atoms with Crippen LogP contribution in [0.4, 0.5) is 0 Å². The Labute approximate surface area is 234 Å². The molecule has 0 heterocycles. The number of benzene rings is 4. The van der Waals surface area contributed by atoms with Crippen LogP contribution in [0.3, 0.4) is 0 Å². The van der Waals surface area contributed by atoms with Gasteiger partial charge in [0.25, 0.3) is 0 Å². The Morgan fingerprint density at radius 3 is 1.12 bits per heavy atom. The van der Waals surface area contributed by atoms with Crippen LogP contribution in [0, 0.1) is 0 Å². The van der Waals surface area contributed by atoms with E-state index in [0.29, 0.717) is 23.0 Å². The lowest BCUT2D eigenvalue weighted by Crippen LogP contribution is -2.14. The van der Waals surface area contributed by atoms with E-state index < -0.39 is 11.9 Å². The Hall–Kier alpha value is -4.58. The van der Waals surface area contributed by atoms with Crippen LogP contribution in [-0.2, 0) is 10.8 Å². The van der Waals surface area contributed by atoms with Gasteiger partial charge in [-0.2, -0.15) is 0 Å². The molecule has 0 aromatic heterocycles. The normalized spacial score (nSPS) is 11.7. The smallest absolute Gasteiger partial charge is 0.335 e. The molecule has 2 N–H and O–H groups in total. The van der Waals surface area contributed by atoms with Crippen LogP contribution >= 0.6 is 0 Å². The van der Waals surface area contributed by atoms with E-state index in [2.05, 4.69) is 53.7 Å². The number of carbonyl (C=O) groups is 2. The van der Waals surface area contributed by atoms with E-state index in [4.69, 9.17) is 9.47 Å². The van der Waals surface area contributed by atoms with Crippen LogP contribution < -0.4 is 9.47 Å². The van der Waals surface area contributed by atoms with Crippen molar-refractivity contribution in [1.29, 1.82) is 0 Å². The molecule has 4 rings (SSSR count). The molecule has 6 heteroatoms. The maximum Gasteiger partial charge on any atom is 0.335 e. The third-order valence-electron chi connectivity index (χ3n) is 6.57. The molecular formula is C34H34O6. The molecule has 0 aliphatic heterocycles. The summed E-state index contributed by atoms with van der Waals surface area (Å²) in [5.41, 5.74) is 4.07. The fourth-order valence-corrected chi connectivity index (χ4v) is 4.35. The van der Waals surface area contributed by atoms with Crippen LogP contribution in [0.15, 0.2) is 84.9 Å². The highest BCUT2D eigenvalue weighted by Gasteiger charge is 2.23. The summed E-state index contributed by atoms with van der Waals surface area (Å²) in [6.07, 6.45) is 0. The fourth-order valence-electron chi connectivity index (χ4n) is 4.35. The first-order valence-electron chi connectivity index (χ1n) is 13.0. The van der Waals surface area contributed by atoms with Gasteiger partial charge in [-0.15, -0.1) is 0 Å². The molecule has 0 spiro atoms. The van der Waals surface area contributed by atoms with E-state index in [1.165, 1.54) is 24.3 Å². The zero-order valence-corrected chi connectivity index (χ0v) is 23.6. The molecule has 0 saturated carbocycles. The summed E-state index contributed by atoms with van der Waals surface area (Å²) >= 11 is 0. The highest BCUT2D eigenvalue weighted by Crippen LogP contribution is 2.40. The molecule has 0 atom stereocenters. The maximum absolute atomic E-state index is 11.2. The Kier molecular flexibility index (Phi) is 7.74. The topological polar surface area (TPSA) is 93.1 Å². The highest BCUT2D eigenvalue weighted by molar-refractivity contribution is 5.88. The standard InChI is InChI=1S/C34H34O6/c1-33(2,3)27-19-23(11-17-29(27)39-25-13-7-21(8-14-25)31(35)36)24-12-18-30(28(20-24)34(4,5)6)40-26-15-9-22(10-16-26)32(37)38/h7-20H,1-6H3,(H,35,36)(H,37,38). The van der Waals surface area contributed by atoms with Crippen molar-refractivity contribution in [3.8, 4) is 34.1 Å². The van der Waals surface area contributed by atoms with Gasteiger partial charge in [-0.05, 0) is 94.8 Å². The van der Waals surface area contributed by atoms with Crippen molar-refractivity contribution in [3.63, 3.8) is 0 Å². The maximum atomic E-state index is 11.2. The van der Waals surface area contributed by atoms with Gasteiger partial charge in [0.2, 0.25) is 0 Å². The molecule has 4 aromatic carbocycles. The largest absolute Gasteiger partial charge is 0.478 e. The predicted molar refractivity (Wildman–Crippen MR) is 156 cm³/mol. The summed E-state index contributed by atoms with van der Waals surface area (Å²) in [6.45, 7) is 12.7. The fraction of sp³-hybridized carbons (Fsp3) is 0.235. The first-order valence-corrected chi connectivity index (χ1v) is 13.0. The molecule has 0 amide bonds. The minimum Gasteiger partial charge on any atom is -0.478 e. The Balaban J connectivity index is 1.69. The van der Waals surface area contributed by atoms with E-state index in [9.17, 15) is 19.8 Å². The second kappa shape index (κ2) is 10.9. The molecule has 0 fully saturated rings. The molecule has 40 heavy (non-hydrogen) atoms. The first-order chi connectivity index (χ1) is 18.7. The number of rotatable bonds is 7. The van der Waals surface area contributed by atoms with Gasteiger partial charge < -0.3 is 19.7 Å². The van der Waals surface area contributed by atoms with Crippen molar-refractivity contribution < 1.29 is 29.3 Å². The van der Waals surface area contributed by atoms with Crippen molar-refractivity contribution in [2.45, 2.75) is 52.4 Å². The van der Waals surface area contributed by atoms with Gasteiger partial charge in [0.15, 0.2) is 0 Å². The zero-order valence-electron chi connectivity index (χ0n) is 23.6. The third kappa shape index (κ3) is 6.52. The van der Waals surface area contributed by atoms with Crippen LogP contribution in [0.1, 0.15) is 73.4 Å². The Bertz CT molecular complexity index is 1420. The van der Waals surface area contributed by atoms with Gasteiger partial charge >= 0.3 is 11.9 Å². The first kappa shape index (κ1) is 28.4. The van der Waals surface area contributed by atoms with Gasteiger partial charge in [-0.25, -0.2) is 9.59 Å². The lowest BCUT2D eigenvalue weighted by molar-refractivity contribution is 0.0686. The van der Waals surface area contributed by atoms with Gasteiger partial charge in [-0.1, -0.05) is 53.7 Å². The van der Waals surface area contributed by atoms with Crippen LogP contribution in [0.2, 0.25) is 0 Å². The molecule has 0 aliphatic rings. The van der Waals surface area contributed by atoms with E-state index in [-0.39, 0.29) is 22.0 Å². The van der Waals surface area contributed by atoms with E-state index in [1.54, 1.807) is 24.3 Å². The Morgan fingerprint density at radius 1 is 0.525 bits per heavy atom. The molecule has 0 bridgehead atoms. The van der Waals surface area contributed by atoms with Crippen LogP contribution in [0.25, 0.3) is 11.1 Å². The summed E-state index contributed by atoms with van der Waals surface area (Å²) < 4.78 is 12.4. The summed E-state index contributed by atoms with van der Waals surface area (Å²) in [5.74, 6) is 0.592.